The van der Waals surface area contributed by atoms with Gasteiger partial charge in [0.15, 0.2) is 30.9 Å². The zero-order chi connectivity index (χ0) is 79.8. The van der Waals surface area contributed by atoms with Crippen molar-refractivity contribution in [3.63, 3.8) is 0 Å². The molecule has 0 saturated heterocycles. The standard InChI is InChI=1S/C73H76Cl6N30S6/c1-44-92-57(99-68(93-44)110-38-45-2-14-51(74)15-3-45)82-28-29-83-60-95-61(103-70(102-60)112-40-47-6-18-53(76)19-7-47)86-32-33-87-64-97-65(107-72(106-64)114-42-49-10-22-55(78)23-11-49)90-36-37-91-67-98-66(108-73(109-67)115-43-50-12-24-56(79)25-13-50)89-35-34-88-63-96-62(104-71(105-63)113-41-48-8-20-54(77)21-9-48)85-31-30-84-59-94-58(81-27-26-80)100-69(101-59)111-39-46-4-16-52(75)17-5-46/h2-25H,26-43,80H2,1H3,(H,82,92,93,99)(H2,81,84,94,100,101)(H2,83,86,95,102,103)(H2,85,88,96,104,105)(H2,87,90,97,106,107)(H2,89,91,98,108,109). The fraction of sp³-hybridized carbons (Fsp3) is 0.260. The molecular weight excluding hydrogens is 1700 g/mol. The summed E-state index contributed by atoms with van der Waals surface area (Å²) in [6.07, 6.45) is 0. The average molecular weight is 1780 g/mol. The summed E-state index contributed by atoms with van der Waals surface area (Å²) in [4.78, 5) is 85.0. The molecule has 12 aromatic rings. The van der Waals surface area contributed by atoms with Crippen LogP contribution in [-0.2, 0) is 34.5 Å². The van der Waals surface area contributed by atoms with Crippen LogP contribution in [0.15, 0.2) is 177 Å². The van der Waals surface area contributed by atoms with Crippen molar-refractivity contribution in [2.75, 3.05) is 137 Å². The third kappa shape index (κ3) is 30.2. The van der Waals surface area contributed by atoms with Gasteiger partial charge in [0.1, 0.15) is 5.82 Å². The normalized spacial score (nSPS) is 11.1. The van der Waals surface area contributed by atoms with Crippen LogP contribution in [0.5, 0.6) is 0 Å². The Kier molecular flexibility index (Phi) is 33.8. The number of hydrogen-bond donors (Lipinski definition) is 12. The minimum atomic E-state index is 0.348. The van der Waals surface area contributed by atoms with Gasteiger partial charge in [0.25, 0.3) is 0 Å². The Morgan fingerprint density at radius 1 is 0.209 bits per heavy atom. The molecule has 0 bridgehead atoms. The molecule has 596 valence electrons. The van der Waals surface area contributed by atoms with E-state index >= 15 is 0 Å². The van der Waals surface area contributed by atoms with Crippen molar-refractivity contribution in [1.82, 2.24) is 89.7 Å². The first-order valence-electron chi connectivity index (χ1n) is 35.7. The Labute approximate surface area is 719 Å². The highest BCUT2D eigenvalue weighted by atomic mass is 35.5. The van der Waals surface area contributed by atoms with E-state index in [1.54, 1.807) is 0 Å². The molecule has 0 aliphatic heterocycles. The lowest BCUT2D eigenvalue weighted by molar-refractivity contribution is 0.848. The van der Waals surface area contributed by atoms with E-state index in [4.69, 9.17) is 135 Å². The number of aryl methyl sites for hydroxylation is 1. The molecule has 42 heteroatoms. The van der Waals surface area contributed by atoms with Gasteiger partial charge in [-0.2, -0.15) is 84.7 Å². The van der Waals surface area contributed by atoms with Crippen molar-refractivity contribution >= 4 is 206 Å². The van der Waals surface area contributed by atoms with Crippen LogP contribution in [0, 0.1) is 6.92 Å². The second-order valence-electron chi connectivity index (χ2n) is 24.3. The molecule has 6 heterocycles. The minimum Gasteiger partial charge on any atom is -0.353 e. The molecule has 0 atom stereocenters. The Balaban J connectivity index is 0.671. The van der Waals surface area contributed by atoms with Crippen molar-refractivity contribution in [3.05, 3.63) is 215 Å². The zero-order valence-corrected chi connectivity index (χ0v) is 70.9. The lowest BCUT2D eigenvalue weighted by Gasteiger charge is -2.13. The Morgan fingerprint density at radius 3 is 0.522 bits per heavy atom. The first-order chi connectivity index (χ1) is 56.1. The zero-order valence-electron chi connectivity index (χ0n) is 61.4. The third-order valence-electron chi connectivity index (χ3n) is 15.4. The highest BCUT2D eigenvalue weighted by Gasteiger charge is 2.17. The number of thioether (sulfide) groups is 6. The Hall–Kier alpha value is -9.02. The van der Waals surface area contributed by atoms with Crippen molar-refractivity contribution in [2.45, 2.75) is 72.4 Å². The minimum absolute atomic E-state index is 0.348. The molecular formula is C73H76Cl6N30S6. The first kappa shape index (κ1) is 85.4. The Bertz CT molecular complexity index is 5060. The number of rotatable bonds is 46. The summed E-state index contributed by atoms with van der Waals surface area (Å²) in [5.41, 5.74) is 12.2. The van der Waals surface area contributed by atoms with Crippen molar-refractivity contribution in [1.29, 1.82) is 0 Å². The molecule has 0 amide bonds. The number of nitrogens with zero attached hydrogens (tertiary/aromatic N) is 18. The van der Waals surface area contributed by atoms with Gasteiger partial charge in [0.2, 0.25) is 65.4 Å². The van der Waals surface area contributed by atoms with Crippen LogP contribution in [0.2, 0.25) is 30.1 Å². The number of anilines is 11. The molecule has 12 rings (SSSR count). The van der Waals surface area contributed by atoms with Crippen LogP contribution < -0.4 is 64.2 Å². The highest BCUT2D eigenvalue weighted by molar-refractivity contribution is 7.99. The third-order valence-corrected chi connectivity index (χ3v) is 22.4. The molecule has 0 saturated carbocycles. The number of nitrogens with two attached hydrogens (primary N) is 1. The van der Waals surface area contributed by atoms with E-state index in [2.05, 4.69) is 88.4 Å². The highest BCUT2D eigenvalue weighted by Crippen LogP contribution is 2.30. The van der Waals surface area contributed by atoms with Gasteiger partial charge in [-0.3, -0.25) is 0 Å². The van der Waals surface area contributed by atoms with Gasteiger partial charge >= 0.3 is 0 Å². The van der Waals surface area contributed by atoms with E-state index in [-0.39, 0.29) is 0 Å². The van der Waals surface area contributed by atoms with E-state index in [0.29, 0.717) is 245 Å². The molecule has 0 aliphatic rings. The van der Waals surface area contributed by atoms with Crippen LogP contribution in [0.1, 0.15) is 39.2 Å². The molecule has 0 unspecified atom stereocenters. The summed E-state index contributed by atoms with van der Waals surface area (Å²) in [6, 6.07) is 46.0. The summed E-state index contributed by atoms with van der Waals surface area (Å²) in [6.45, 7) is 6.70. The van der Waals surface area contributed by atoms with Crippen LogP contribution in [0.4, 0.5) is 65.4 Å². The van der Waals surface area contributed by atoms with Gasteiger partial charge in [0.05, 0.1) is 0 Å². The lowest BCUT2D eigenvalue weighted by Crippen LogP contribution is -2.21. The largest absolute Gasteiger partial charge is 0.353 e. The van der Waals surface area contributed by atoms with Gasteiger partial charge < -0.3 is 64.2 Å². The van der Waals surface area contributed by atoms with Crippen LogP contribution in [-0.4, -0.2) is 168 Å². The van der Waals surface area contributed by atoms with Crippen molar-refractivity contribution in [2.24, 2.45) is 5.73 Å². The van der Waals surface area contributed by atoms with Gasteiger partial charge in [-0.1, -0.05) is 213 Å². The number of hydrogen-bond acceptors (Lipinski definition) is 36. The topological polar surface area (TPSA) is 390 Å². The summed E-state index contributed by atoms with van der Waals surface area (Å²) in [5, 5.41) is 43.8. The Morgan fingerprint density at radius 2 is 0.357 bits per heavy atom. The van der Waals surface area contributed by atoms with E-state index in [0.717, 1.165) is 33.4 Å². The van der Waals surface area contributed by atoms with E-state index in [1.807, 2.05) is 153 Å². The van der Waals surface area contributed by atoms with Crippen LogP contribution in [0.3, 0.4) is 0 Å². The first-order valence-corrected chi connectivity index (χ1v) is 43.9. The average Bonchev–Trinajstić information content (AvgIpc) is 0.855. The predicted molar refractivity (Wildman–Crippen MR) is 472 cm³/mol. The monoisotopic (exact) mass is 1770 g/mol. The fourth-order valence-electron chi connectivity index (χ4n) is 9.79. The van der Waals surface area contributed by atoms with Crippen molar-refractivity contribution in [3.8, 4) is 0 Å². The van der Waals surface area contributed by atoms with Crippen LogP contribution >= 0.6 is 140 Å². The fourth-order valence-corrected chi connectivity index (χ4v) is 15.3. The number of aromatic nitrogens is 18. The summed E-state index contributed by atoms with van der Waals surface area (Å²) in [5.74, 6) is 8.43. The SMILES string of the molecule is Cc1nc(NCCNc2nc(NCCNc3nc(NCCNc4nc(NCCNc5nc(NCCNc6nc(NCCN)nc(SCc7ccc(Cl)cc7)n6)nc(SCc6ccc(Cl)cc6)n5)nc(SCc5ccc(Cl)cc5)n4)nc(SCc4ccc(Cl)cc4)n3)nc(SCc3ccc(Cl)cc3)n2)nc(SCc2ccc(Cl)cc2)n1. The number of nitrogens with one attached hydrogen (secondary N) is 11. The lowest BCUT2D eigenvalue weighted by atomic mass is 10.2. The maximum absolute atomic E-state index is 6.26. The molecule has 0 spiro atoms. The summed E-state index contributed by atoms with van der Waals surface area (Å²) in [7, 11) is 0. The molecule has 6 aromatic carbocycles. The summed E-state index contributed by atoms with van der Waals surface area (Å²) >= 11 is 46.0. The van der Waals surface area contributed by atoms with Gasteiger partial charge in [-0.25, -0.2) is 4.98 Å². The van der Waals surface area contributed by atoms with Gasteiger partial charge in [-0.05, 0) is 113 Å². The summed E-state index contributed by atoms with van der Waals surface area (Å²) < 4.78 is 0. The molecule has 13 N–H and O–H groups in total. The molecule has 0 radical (unpaired) electrons. The van der Waals surface area contributed by atoms with Crippen molar-refractivity contribution < 1.29 is 0 Å². The van der Waals surface area contributed by atoms with Gasteiger partial charge in [0, 0.05) is 143 Å². The number of benzene rings is 6. The molecule has 0 fully saturated rings. The second kappa shape index (κ2) is 45.5. The molecule has 0 aliphatic carbocycles. The molecule has 6 aromatic heterocycles. The second-order valence-corrected chi connectivity index (χ2v) is 32.6. The maximum Gasteiger partial charge on any atom is 0.228 e. The van der Waals surface area contributed by atoms with Crippen LogP contribution in [0.25, 0.3) is 0 Å². The van der Waals surface area contributed by atoms with E-state index in [1.165, 1.54) is 70.6 Å². The van der Waals surface area contributed by atoms with E-state index in [9.17, 15) is 0 Å². The van der Waals surface area contributed by atoms with E-state index < -0.39 is 0 Å². The molecule has 30 nitrogen and oxygen atoms in total. The van der Waals surface area contributed by atoms with Gasteiger partial charge in [-0.15, -0.1) is 0 Å². The quantitative estimate of drug-likeness (QED) is 0.0124. The maximum atomic E-state index is 6.26. The smallest absolute Gasteiger partial charge is 0.228 e. The number of halogens is 6. The molecule has 115 heavy (non-hydrogen) atoms. The predicted octanol–water partition coefficient (Wildman–Crippen LogP) is 15.8.